The number of rotatable bonds is 10. The van der Waals surface area contributed by atoms with Gasteiger partial charge in [-0.25, -0.2) is 4.68 Å². The van der Waals surface area contributed by atoms with Crippen LogP contribution in [0.1, 0.15) is 39.0 Å². The number of benzene rings is 2. The van der Waals surface area contributed by atoms with Crippen molar-refractivity contribution in [2.75, 3.05) is 13.2 Å². The minimum absolute atomic E-state index is 0.125. The highest BCUT2D eigenvalue weighted by Crippen LogP contribution is 2.33. The Hall–Kier alpha value is -2.87. The van der Waals surface area contributed by atoms with Crippen LogP contribution in [-0.2, 0) is 11.3 Å². The first-order chi connectivity index (χ1) is 15.2. The Morgan fingerprint density at radius 3 is 2.16 bits per heavy atom. The topological polar surface area (TPSA) is 86.0 Å². The monoisotopic (exact) mass is 440 g/mol. The molecule has 3 aromatic rings. The van der Waals surface area contributed by atoms with Crippen molar-refractivity contribution in [1.29, 1.82) is 0 Å². The number of ether oxygens (including phenoxy) is 3. The molecule has 0 amide bonds. The average molecular weight is 441 g/mol. The van der Waals surface area contributed by atoms with Gasteiger partial charge in [-0.2, -0.15) is 5.10 Å². The van der Waals surface area contributed by atoms with Crippen LogP contribution in [0.4, 0.5) is 0 Å². The lowest BCUT2D eigenvalue weighted by molar-refractivity contribution is -0.197. The molecule has 1 heterocycles. The quantitative estimate of drug-likeness (QED) is 0.459. The van der Waals surface area contributed by atoms with E-state index in [0.29, 0.717) is 30.4 Å². The van der Waals surface area contributed by atoms with E-state index in [0.717, 1.165) is 22.5 Å². The fourth-order valence-electron chi connectivity index (χ4n) is 3.25. The molecule has 2 aromatic carbocycles. The molecule has 1 aromatic heterocycles. The lowest BCUT2D eigenvalue weighted by Crippen LogP contribution is -2.38. The SMILES string of the molecule is CCOc1cc(OCC)cc(-c2cc(COC(C)(C)C(O)O)nn2-c2ccccc2C)c1. The van der Waals surface area contributed by atoms with Crippen LogP contribution in [0, 0.1) is 6.92 Å². The fraction of sp³-hybridized carbons (Fsp3) is 0.400. The van der Waals surface area contributed by atoms with E-state index in [-0.39, 0.29) is 6.61 Å². The number of aliphatic hydroxyl groups is 2. The Morgan fingerprint density at radius 1 is 0.969 bits per heavy atom. The van der Waals surface area contributed by atoms with E-state index in [2.05, 4.69) is 0 Å². The molecule has 7 heteroatoms. The van der Waals surface area contributed by atoms with Gasteiger partial charge in [-0.3, -0.25) is 0 Å². The normalized spacial score (nSPS) is 11.8. The number of aryl methyl sites for hydroxylation is 1. The van der Waals surface area contributed by atoms with Gasteiger partial charge in [0.05, 0.1) is 36.9 Å². The standard InChI is InChI=1S/C25H32N2O5/c1-6-30-20-12-18(13-21(15-20)31-7-2)23-14-19(16-32-25(4,5)24(28)29)26-27(23)22-11-9-8-10-17(22)3/h8-15,24,28-29H,6-7,16H2,1-5H3. The zero-order valence-electron chi connectivity index (χ0n) is 19.3. The van der Waals surface area contributed by atoms with E-state index >= 15 is 0 Å². The van der Waals surface area contributed by atoms with Crippen molar-refractivity contribution >= 4 is 0 Å². The molecule has 0 bridgehead atoms. The highest BCUT2D eigenvalue weighted by molar-refractivity contribution is 5.67. The van der Waals surface area contributed by atoms with Crippen molar-refractivity contribution in [2.24, 2.45) is 0 Å². The van der Waals surface area contributed by atoms with Gasteiger partial charge in [-0.1, -0.05) is 18.2 Å². The van der Waals surface area contributed by atoms with Crippen LogP contribution in [0.2, 0.25) is 0 Å². The first-order valence-electron chi connectivity index (χ1n) is 10.8. The molecule has 32 heavy (non-hydrogen) atoms. The van der Waals surface area contributed by atoms with E-state index in [1.165, 1.54) is 0 Å². The summed E-state index contributed by atoms with van der Waals surface area (Å²) in [4.78, 5) is 0. The molecule has 0 fully saturated rings. The average Bonchev–Trinajstić information content (AvgIpc) is 3.17. The minimum atomic E-state index is -1.60. The van der Waals surface area contributed by atoms with Crippen molar-refractivity contribution < 1.29 is 24.4 Å². The summed E-state index contributed by atoms with van der Waals surface area (Å²) in [6.07, 6.45) is -1.60. The van der Waals surface area contributed by atoms with Gasteiger partial charge in [0, 0.05) is 11.6 Å². The molecule has 3 rings (SSSR count). The maximum absolute atomic E-state index is 9.55. The molecule has 0 aliphatic rings. The van der Waals surface area contributed by atoms with Crippen LogP contribution in [0.3, 0.4) is 0 Å². The molecule has 0 spiro atoms. The van der Waals surface area contributed by atoms with Crippen LogP contribution in [0.5, 0.6) is 11.5 Å². The van der Waals surface area contributed by atoms with E-state index in [1.807, 2.05) is 74.0 Å². The minimum Gasteiger partial charge on any atom is -0.494 e. The predicted octanol–water partition coefficient (Wildman–Crippen LogP) is 4.25. The van der Waals surface area contributed by atoms with Crippen molar-refractivity contribution in [1.82, 2.24) is 9.78 Å². The van der Waals surface area contributed by atoms with E-state index in [1.54, 1.807) is 13.8 Å². The summed E-state index contributed by atoms with van der Waals surface area (Å²) in [5.74, 6) is 1.43. The third-order valence-corrected chi connectivity index (χ3v) is 5.12. The fourth-order valence-corrected chi connectivity index (χ4v) is 3.25. The van der Waals surface area contributed by atoms with Crippen LogP contribution in [-0.4, -0.2) is 45.1 Å². The Balaban J connectivity index is 2.09. The van der Waals surface area contributed by atoms with Gasteiger partial charge < -0.3 is 24.4 Å². The lowest BCUT2D eigenvalue weighted by Gasteiger charge is -2.26. The van der Waals surface area contributed by atoms with Gasteiger partial charge in [0.2, 0.25) is 0 Å². The number of hydrogen-bond donors (Lipinski definition) is 2. The zero-order chi connectivity index (χ0) is 23.3. The second kappa shape index (κ2) is 10.2. The summed E-state index contributed by atoms with van der Waals surface area (Å²) < 4.78 is 19.1. The zero-order valence-corrected chi connectivity index (χ0v) is 19.3. The van der Waals surface area contributed by atoms with Crippen LogP contribution in [0.25, 0.3) is 16.9 Å². The molecule has 0 unspecified atom stereocenters. The smallest absolute Gasteiger partial charge is 0.180 e. The molecule has 7 nitrogen and oxygen atoms in total. The third kappa shape index (κ3) is 5.48. The number of para-hydroxylation sites is 1. The van der Waals surface area contributed by atoms with E-state index in [9.17, 15) is 10.2 Å². The molecular weight excluding hydrogens is 408 g/mol. The molecule has 0 aliphatic heterocycles. The van der Waals surface area contributed by atoms with Crippen LogP contribution in [0.15, 0.2) is 48.5 Å². The Labute approximate surface area is 189 Å². The Bertz CT molecular complexity index is 1020. The van der Waals surface area contributed by atoms with Crippen molar-refractivity contribution in [3.63, 3.8) is 0 Å². The molecule has 0 aliphatic carbocycles. The second-order valence-electron chi connectivity index (χ2n) is 8.04. The number of nitrogens with zero attached hydrogens (tertiary/aromatic N) is 2. The first-order valence-corrected chi connectivity index (χ1v) is 10.8. The Morgan fingerprint density at radius 2 is 1.59 bits per heavy atom. The highest BCUT2D eigenvalue weighted by Gasteiger charge is 2.27. The molecule has 0 saturated heterocycles. The number of hydrogen-bond acceptors (Lipinski definition) is 6. The van der Waals surface area contributed by atoms with Gasteiger partial charge >= 0.3 is 0 Å². The first kappa shape index (κ1) is 23.8. The van der Waals surface area contributed by atoms with Gasteiger partial charge in [0.1, 0.15) is 17.1 Å². The van der Waals surface area contributed by atoms with E-state index < -0.39 is 11.9 Å². The van der Waals surface area contributed by atoms with Crippen molar-refractivity contribution in [3.8, 4) is 28.4 Å². The van der Waals surface area contributed by atoms with Gasteiger partial charge in [-0.15, -0.1) is 0 Å². The summed E-state index contributed by atoms with van der Waals surface area (Å²) in [7, 11) is 0. The van der Waals surface area contributed by atoms with Gasteiger partial charge in [0.15, 0.2) is 6.29 Å². The largest absolute Gasteiger partial charge is 0.494 e. The summed E-state index contributed by atoms with van der Waals surface area (Å²) in [5, 5.41) is 23.9. The summed E-state index contributed by atoms with van der Waals surface area (Å²) >= 11 is 0. The molecule has 172 valence electrons. The van der Waals surface area contributed by atoms with Gasteiger partial charge in [0.25, 0.3) is 0 Å². The maximum atomic E-state index is 9.55. The highest BCUT2D eigenvalue weighted by atomic mass is 16.6. The van der Waals surface area contributed by atoms with Crippen LogP contribution >= 0.6 is 0 Å². The number of aromatic nitrogens is 2. The van der Waals surface area contributed by atoms with Crippen molar-refractivity contribution in [2.45, 2.75) is 53.1 Å². The summed E-state index contributed by atoms with van der Waals surface area (Å²) in [6, 6.07) is 15.7. The second-order valence-corrected chi connectivity index (χ2v) is 8.04. The van der Waals surface area contributed by atoms with Gasteiger partial charge in [-0.05, 0) is 64.4 Å². The molecule has 0 radical (unpaired) electrons. The lowest BCUT2D eigenvalue weighted by atomic mass is 10.1. The molecule has 0 saturated carbocycles. The van der Waals surface area contributed by atoms with Crippen LogP contribution < -0.4 is 9.47 Å². The Kier molecular flexibility index (Phi) is 7.56. The van der Waals surface area contributed by atoms with Crippen molar-refractivity contribution in [3.05, 3.63) is 59.8 Å². The third-order valence-electron chi connectivity index (χ3n) is 5.12. The number of aliphatic hydroxyl groups excluding tert-OH is 1. The molecule has 0 atom stereocenters. The summed E-state index contributed by atoms with van der Waals surface area (Å²) in [6.45, 7) is 10.4. The maximum Gasteiger partial charge on any atom is 0.180 e. The van der Waals surface area contributed by atoms with E-state index in [4.69, 9.17) is 19.3 Å². The summed E-state index contributed by atoms with van der Waals surface area (Å²) in [5.41, 5.74) is 3.29. The molecular formula is C25H32N2O5. The predicted molar refractivity (Wildman–Crippen MR) is 123 cm³/mol. The molecule has 2 N–H and O–H groups in total.